The normalized spacial score (nSPS) is 15.7. The number of carbonyl (C=O) groups is 2. The Morgan fingerprint density at radius 3 is 2.11 bits per heavy atom. The molecular formula is C32H48N4O2. The van der Waals surface area contributed by atoms with Crippen LogP contribution in [0.2, 0.25) is 0 Å². The van der Waals surface area contributed by atoms with E-state index in [1.54, 1.807) is 0 Å². The molecule has 3 rings (SSSR count). The van der Waals surface area contributed by atoms with E-state index < -0.39 is 5.92 Å². The largest absolute Gasteiger partial charge is 0.354 e. The van der Waals surface area contributed by atoms with Gasteiger partial charge < -0.3 is 16.4 Å². The number of nitrogens with zero attached hydrogens (tertiary/aromatic N) is 1. The fraction of sp³-hybridized carbons (Fsp3) is 0.562. The van der Waals surface area contributed by atoms with Crippen molar-refractivity contribution in [2.24, 2.45) is 11.7 Å². The molecule has 2 amide bonds. The van der Waals surface area contributed by atoms with Crippen LogP contribution in [0.4, 0.5) is 0 Å². The number of nitrogens with two attached hydrogens (primary N) is 1. The number of benzene rings is 2. The Morgan fingerprint density at radius 1 is 0.868 bits per heavy atom. The maximum absolute atomic E-state index is 13.7. The van der Waals surface area contributed by atoms with E-state index in [-0.39, 0.29) is 24.4 Å². The van der Waals surface area contributed by atoms with Gasteiger partial charge in [-0.1, -0.05) is 101 Å². The molecule has 0 saturated heterocycles. The van der Waals surface area contributed by atoms with Gasteiger partial charge in [0.15, 0.2) is 0 Å². The summed E-state index contributed by atoms with van der Waals surface area (Å²) in [5.41, 5.74) is 8.70. The topological polar surface area (TPSA) is 87.5 Å². The average Bonchev–Trinajstić information content (AvgIpc) is 2.96. The molecular weight excluding hydrogens is 472 g/mol. The number of carbonyl (C=O) groups excluding carboxylic acids is 2. The molecule has 0 heterocycles. The van der Waals surface area contributed by atoms with Crippen LogP contribution in [0.1, 0.15) is 87.8 Å². The molecule has 1 aliphatic carbocycles. The van der Waals surface area contributed by atoms with Crippen LogP contribution in [-0.2, 0) is 22.7 Å². The highest BCUT2D eigenvalue weighted by Gasteiger charge is 2.30. The Bertz CT molecular complexity index is 951. The van der Waals surface area contributed by atoms with Crippen molar-refractivity contribution in [3.8, 4) is 0 Å². The molecule has 0 aliphatic heterocycles. The Morgan fingerprint density at radius 2 is 1.50 bits per heavy atom. The summed E-state index contributed by atoms with van der Waals surface area (Å²) < 4.78 is 0. The minimum Gasteiger partial charge on any atom is -0.354 e. The summed E-state index contributed by atoms with van der Waals surface area (Å²) >= 11 is 0. The van der Waals surface area contributed by atoms with Gasteiger partial charge in [-0.3, -0.25) is 14.5 Å². The van der Waals surface area contributed by atoms with Crippen LogP contribution in [0, 0.1) is 5.92 Å². The van der Waals surface area contributed by atoms with Gasteiger partial charge >= 0.3 is 0 Å². The zero-order valence-corrected chi connectivity index (χ0v) is 23.5. The quantitative estimate of drug-likeness (QED) is 0.304. The third kappa shape index (κ3) is 9.25. The Balaban J connectivity index is 1.70. The zero-order chi connectivity index (χ0) is 27.2. The Labute approximate surface area is 229 Å². The first kappa shape index (κ1) is 29.9. The lowest BCUT2D eigenvalue weighted by Gasteiger charge is -2.34. The first-order chi connectivity index (χ1) is 18.5. The highest BCUT2D eigenvalue weighted by Crippen LogP contribution is 2.29. The fourth-order valence-corrected chi connectivity index (χ4v) is 5.63. The Hall–Kier alpha value is -2.70. The molecule has 6 nitrogen and oxygen atoms in total. The van der Waals surface area contributed by atoms with Gasteiger partial charge in [-0.2, -0.15) is 0 Å². The maximum Gasteiger partial charge on any atom is 0.237 e. The third-order valence-electron chi connectivity index (χ3n) is 7.77. The van der Waals surface area contributed by atoms with Crippen molar-refractivity contribution in [3.63, 3.8) is 0 Å². The first-order valence-electron chi connectivity index (χ1n) is 14.7. The summed E-state index contributed by atoms with van der Waals surface area (Å²) in [4.78, 5) is 29.5. The first-order valence-corrected chi connectivity index (χ1v) is 14.7. The molecule has 1 saturated carbocycles. The third-order valence-corrected chi connectivity index (χ3v) is 7.77. The van der Waals surface area contributed by atoms with Crippen molar-refractivity contribution < 1.29 is 9.59 Å². The van der Waals surface area contributed by atoms with E-state index in [1.807, 2.05) is 54.6 Å². The van der Waals surface area contributed by atoms with Crippen LogP contribution in [0.5, 0.6) is 0 Å². The molecule has 0 bridgehead atoms. The maximum atomic E-state index is 13.7. The molecule has 0 aromatic heterocycles. The highest BCUT2D eigenvalue weighted by molar-refractivity contribution is 5.86. The van der Waals surface area contributed by atoms with Crippen LogP contribution >= 0.6 is 0 Å². The van der Waals surface area contributed by atoms with E-state index >= 15 is 0 Å². The molecule has 1 fully saturated rings. The Kier molecular flexibility index (Phi) is 12.8. The molecule has 0 unspecified atom stereocenters. The SMILES string of the molecule is CCCN(CCC)[C@H](CC1CCCCC1)C(=O)NC[C@H](C(=O)NCc1ccc(CN)cc1)c1ccccc1. The highest BCUT2D eigenvalue weighted by atomic mass is 16.2. The number of amides is 2. The summed E-state index contributed by atoms with van der Waals surface area (Å²) in [7, 11) is 0. The van der Waals surface area contributed by atoms with Crippen molar-refractivity contribution in [2.45, 2.75) is 90.3 Å². The predicted octanol–water partition coefficient (Wildman–Crippen LogP) is 5.12. The predicted molar refractivity (Wildman–Crippen MR) is 156 cm³/mol. The van der Waals surface area contributed by atoms with E-state index in [1.165, 1.54) is 32.1 Å². The van der Waals surface area contributed by atoms with Crippen molar-refractivity contribution in [1.29, 1.82) is 0 Å². The lowest BCUT2D eigenvalue weighted by atomic mass is 9.84. The molecule has 208 valence electrons. The summed E-state index contributed by atoms with van der Waals surface area (Å²) in [5.74, 6) is 0.130. The van der Waals surface area contributed by atoms with Crippen molar-refractivity contribution in [2.75, 3.05) is 19.6 Å². The summed E-state index contributed by atoms with van der Waals surface area (Å²) in [6, 6.07) is 17.6. The van der Waals surface area contributed by atoms with Crippen LogP contribution in [0.3, 0.4) is 0 Å². The summed E-state index contributed by atoms with van der Waals surface area (Å²) in [6.07, 6.45) is 9.25. The van der Waals surface area contributed by atoms with Crippen LogP contribution in [0.25, 0.3) is 0 Å². The van der Waals surface area contributed by atoms with Crippen LogP contribution < -0.4 is 16.4 Å². The van der Waals surface area contributed by atoms with Gasteiger partial charge in [0, 0.05) is 19.6 Å². The molecule has 1 aliphatic rings. The zero-order valence-electron chi connectivity index (χ0n) is 23.5. The van der Waals surface area contributed by atoms with Crippen LogP contribution in [-0.4, -0.2) is 42.4 Å². The lowest BCUT2D eigenvalue weighted by Crippen LogP contribution is -2.50. The van der Waals surface area contributed by atoms with E-state index in [2.05, 4.69) is 29.4 Å². The second kappa shape index (κ2) is 16.3. The minimum atomic E-state index is -0.454. The summed E-state index contributed by atoms with van der Waals surface area (Å²) in [6.45, 7) is 7.42. The average molecular weight is 521 g/mol. The van der Waals surface area contributed by atoms with Gasteiger partial charge in [0.05, 0.1) is 12.0 Å². The molecule has 0 spiro atoms. The molecule has 2 aromatic rings. The van der Waals surface area contributed by atoms with E-state index in [0.29, 0.717) is 19.0 Å². The second-order valence-electron chi connectivity index (χ2n) is 10.7. The van der Waals surface area contributed by atoms with Crippen LogP contribution in [0.15, 0.2) is 54.6 Å². The monoisotopic (exact) mass is 520 g/mol. The minimum absolute atomic E-state index is 0.0589. The lowest BCUT2D eigenvalue weighted by molar-refractivity contribution is -0.128. The number of nitrogens with one attached hydrogen (secondary N) is 2. The number of hydrogen-bond acceptors (Lipinski definition) is 4. The van der Waals surface area contributed by atoms with E-state index in [9.17, 15) is 9.59 Å². The molecule has 0 radical (unpaired) electrons. The van der Waals surface area contributed by atoms with E-state index in [0.717, 1.165) is 49.0 Å². The van der Waals surface area contributed by atoms with Gasteiger partial charge in [0.1, 0.15) is 0 Å². The van der Waals surface area contributed by atoms with Gasteiger partial charge in [0.2, 0.25) is 11.8 Å². The summed E-state index contributed by atoms with van der Waals surface area (Å²) in [5, 5.41) is 6.29. The van der Waals surface area contributed by atoms with Crippen molar-refractivity contribution >= 4 is 11.8 Å². The standard InChI is InChI=1S/C32H48N4O2/c1-3-19-36(20-4-2)30(21-25-11-7-5-8-12-25)32(38)35-24-29(28-13-9-6-10-14-28)31(37)34-23-27-17-15-26(22-33)16-18-27/h6,9-10,13-18,25,29-30H,3-5,7-8,11-12,19-24,33H2,1-2H3,(H,34,37)(H,35,38)/t29-,30+/m0/s1. The van der Waals surface area contributed by atoms with E-state index in [4.69, 9.17) is 5.73 Å². The fourth-order valence-electron chi connectivity index (χ4n) is 5.63. The number of rotatable bonds is 15. The molecule has 2 aromatic carbocycles. The smallest absolute Gasteiger partial charge is 0.237 e. The molecule has 6 heteroatoms. The van der Waals surface area contributed by atoms with Crippen molar-refractivity contribution in [3.05, 3.63) is 71.3 Å². The van der Waals surface area contributed by atoms with Crippen molar-refractivity contribution in [1.82, 2.24) is 15.5 Å². The van der Waals surface area contributed by atoms with Gasteiger partial charge in [0.25, 0.3) is 0 Å². The van der Waals surface area contributed by atoms with Gasteiger partial charge in [-0.25, -0.2) is 0 Å². The van der Waals surface area contributed by atoms with Gasteiger partial charge in [-0.05, 0) is 55.0 Å². The van der Waals surface area contributed by atoms with Gasteiger partial charge in [-0.15, -0.1) is 0 Å². The number of hydrogen-bond donors (Lipinski definition) is 3. The molecule has 38 heavy (non-hydrogen) atoms. The molecule has 2 atom stereocenters. The second-order valence-corrected chi connectivity index (χ2v) is 10.7. The molecule has 4 N–H and O–H groups in total.